The van der Waals surface area contributed by atoms with Crippen molar-refractivity contribution < 1.29 is 8.42 Å². The number of nitrogens with zero attached hydrogens (tertiary/aromatic N) is 4. The van der Waals surface area contributed by atoms with Crippen LogP contribution >= 0.6 is 11.3 Å². The number of sulfonamides is 1. The quantitative estimate of drug-likeness (QED) is 0.780. The highest BCUT2D eigenvalue weighted by molar-refractivity contribution is 7.91. The van der Waals surface area contributed by atoms with Gasteiger partial charge in [-0.2, -0.15) is 4.31 Å². The van der Waals surface area contributed by atoms with Crippen LogP contribution in [0.1, 0.15) is 13.8 Å². The average Bonchev–Trinajstić information content (AvgIpc) is 2.70. The molecule has 0 radical (unpaired) electrons. The van der Waals surface area contributed by atoms with Gasteiger partial charge >= 0.3 is 0 Å². The molecule has 1 rings (SSSR count). The average molecular weight is 307 g/mol. The van der Waals surface area contributed by atoms with Crippen molar-refractivity contribution in [3.8, 4) is 0 Å². The lowest BCUT2D eigenvalue weighted by Crippen LogP contribution is -2.38. The summed E-state index contributed by atoms with van der Waals surface area (Å²) in [5, 5.41) is 7.38. The molecule has 19 heavy (non-hydrogen) atoms. The summed E-state index contributed by atoms with van der Waals surface area (Å²) in [5.41, 5.74) is 5.45. The van der Waals surface area contributed by atoms with Crippen molar-refractivity contribution in [1.29, 1.82) is 0 Å². The van der Waals surface area contributed by atoms with Crippen molar-refractivity contribution in [1.82, 2.24) is 19.4 Å². The second-order valence-electron chi connectivity index (χ2n) is 4.97. The number of rotatable bonds is 7. The molecule has 0 saturated heterocycles. The highest BCUT2D eigenvalue weighted by Crippen LogP contribution is 2.21. The van der Waals surface area contributed by atoms with Gasteiger partial charge in [0, 0.05) is 19.6 Å². The Morgan fingerprint density at radius 2 is 1.89 bits per heavy atom. The summed E-state index contributed by atoms with van der Waals surface area (Å²) in [4.78, 5) is 1.94. The first-order valence-corrected chi connectivity index (χ1v) is 8.23. The third kappa shape index (κ3) is 4.68. The van der Waals surface area contributed by atoms with Crippen LogP contribution in [0.5, 0.6) is 0 Å². The highest BCUT2D eigenvalue weighted by atomic mass is 32.2. The maximum atomic E-state index is 12.5. The molecule has 1 aromatic rings. The summed E-state index contributed by atoms with van der Waals surface area (Å²) in [6, 6.07) is 0. The van der Waals surface area contributed by atoms with Gasteiger partial charge in [-0.3, -0.25) is 0 Å². The van der Waals surface area contributed by atoms with E-state index >= 15 is 0 Å². The van der Waals surface area contributed by atoms with Crippen LogP contribution in [0.4, 0.5) is 5.13 Å². The van der Waals surface area contributed by atoms with E-state index in [1.54, 1.807) is 0 Å². The van der Waals surface area contributed by atoms with E-state index in [0.29, 0.717) is 19.6 Å². The number of hydrogen-bond acceptors (Lipinski definition) is 7. The molecule has 0 amide bonds. The van der Waals surface area contributed by atoms with Crippen LogP contribution in [0.2, 0.25) is 0 Å². The minimum atomic E-state index is -3.60. The molecule has 0 aliphatic rings. The fraction of sp³-hybridized carbons (Fsp3) is 0.800. The number of hydrogen-bond donors (Lipinski definition) is 1. The number of likely N-dealkylation sites (N-methyl/N-ethyl adjacent to an activating group) is 1. The third-order valence-electron chi connectivity index (χ3n) is 2.35. The SMILES string of the molecule is CC(C)CN(CCN(C)C)S(=O)(=O)c1nnc(N)s1. The summed E-state index contributed by atoms with van der Waals surface area (Å²) in [6.07, 6.45) is 0. The molecule has 0 unspecified atom stereocenters. The Bertz CT molecular complexity index is 498. The predicted molar refractivity (Wildman–Crippen MR) is 76.5 cm³/mol. The zero-order valence-electron chi connectivity index (χ0n) is 11.7. The van der Waals surface area contributed by atoms with Gasteiger partial charge in [-0.1, -0.05) is 25.2 Å². The molecule has 0 bridgehead atoms. The van der Waals surface area contributed by atoms with E-state index in [9.17, 15) is 8.42 Å². The maximum Gasteiger partial charge on any atom is 0.272 e. The smallest absolute Gasteiger partial charge is 0.272 e. The third-order valence-corrected chi connectivity index (χ3v) is 5.31. The summed E-state index contributed by atoms with van der Waals surface area (Å²) in [6.45, 7) is 5.49. The van der Waals surface area contributed by atoms with Crippen molar-refractivity contribution >= 4 is 26.5 Å². The molecule has 9 heteroatoms. The van der Waals surface area contributed by atoms with E-state index in [-0.39, 0.29) is 15.4 Å². The molecule has 0 atom stereocenters. The van der Waals surface area contributed by atoms with Crippen molar-refractivity contribution in [2.24, 2.45) is 5.92 Å². The van der Waals surface area contributed by atoms with Gasteiger partial charge in [0.15, 0.2) is 0 Å². The molecular weight excluding hydrogens is 286 g/mol. The molecule has 1 heterocycles. The first-order valence-electron chi connectivity index (χ1n) is 5.97. The first-order chi connectivity index (χ1) is 8.73. The molecule has 1 aromatic heterocycles. The Labute approximate surface area is 118 Å². The van der Waals surface area contributed by atoms with Gasteiger partial charge in [0.1, 0.15) is 0 Å². The zero-order chi connectivity index (χ0) is 14.6. The number of nitrogens with two attached hydrogens (primary N) is 1. The lowest BCUT2D eigenvalue weighted by molar-refractivity contribution is 0.312. The molecule has 0 aromatic carbocycles. The van der Waals surface area contributed by atoms with E-state index in [1.165, 1.54) is 4.31 Å². The molecule has 0 aliphatic heterocycles. The molecular formula is C10H21N5O2S2. The van der Waals surface area contributed by atoms with E-state index in [0.717, 1.165) is 11.3 Å². The van der Waals surface area contributed by atoms with Gasteiger partial charge in [0.25, 0.3) is 10.0 Å². The van der Waals surface area contributed by atoms with Gasteiger partial charge in [-0.05, 0) is 20.0 Å². The summed E-state index contributed by atoms with van der Waals surface area (Å²) in [7, 11) is 0.212. The van der Waals surface area contributed by atoms with Crippen LogP contribution in [-0.2, 0) is 10.0 Å². The fourth-order valence-corrected chi connectivity index (χ4v) is 3.98. The van der Waals surface area contributed by atoms with Crippen LogP contribution in [0.3, 0.4) is 0 Å². The molecule has 0 saturated carbocycles. The lowest BCUT2D eigenvalue weighted by Gasteiger charge is -2.23. The highest BCUT2D eigenvalue weighted by Gasteiger charge is 2.28. The van der Waals surface area contributed by atoms with Crippen LogP contribution in [0.15, 0.2) is 4.34 Å². The molecule has 0 spiro atoms. The van der Waals surface area contributed by atoms with Gasteiger partial charge in [0.05, 0.1) is 0 Å². The Morgan fingerprint density at radius 1 is 1.26 bits per heavy atom. The second kappa shape index (κ2) is 6.60. The van der Waals surface area contributed by atoms with E-state index < -0.39 is 10.0 Å². The van der Waals surface area contributed by atoms with Crippen LogP contribution in [-0.4, -0.2) is 61.5 Å². The maximum absolute atomic E-state index is 12.5. The van der Waals surface area contributed by atoms with Crippen LogP contribution < -0.4 is 5.73 Å². The van der Waals surface area contributed by atoms with Crippen LogP contribution in [0.25, 0.3) is 0 Å². The van der Waals surface area contributed by atoms with Crippen molar-refractivity contribution in [2.75, 3.05) is 39.5 Å². The van der Waals surface area contributed by atoms with Crippen molar-refractivity contribution in [3.05, 3.63) is 0 Å². The largest absolute Gasteiger partial charge is 0.374 e. The van der Waals surface area contributed by atoms with Crippen molar-refractivity contribution in [3.63, 3.8) is 0 Å². The monoisotopic (exact) mass is 307 g/mol. The molecule has 0 fully saturated rings. The number of aromatic nitrogens is 2. The standard InChI is InChI=1S/C10H21N5O2S2/c1-8(2)7-15(6-5-14(3)4)19(16,17)10-13-12-9(11)18-10/h8H,5-7H2,1-4H3,(H2,11,12). The van der Waals surface area contributed by atoms with Gasteiger partial charge < -0.3 is 10.6 Å². The zero-order valence-corrected chi connectivity index (χ0v) is 13.3. The predicted octanol–water partition coefficient (Wildman–Crippen LogP) is 0.329. The normalized spacial score (nSPS) is 12.8. The summed E-state index contributed by atoms with van der Waals surface area (Å²) in [5.74, 6) is 0.238. The topological polar surface area (TPSA) is 92.4 Å². The minimum Gasteiger partial charge on any atom is -0.374 e. The summed E-state index contributed by atoms with van der Waals surface area (Å²) < 4.78 is 26.3. The molecule has 7 nitrogen and oxygen atoms in total. The molecule has 0 aliphatic carbocycles. The Kier molecular flexibility index (Phi) is 5.65. The minimum absolute atomic E-state index is 0.0376. The Hall–Kier alpha value is -0.770. The lowest BCUT2D eigenvalue weighted by atomic mass is 10.2. The Morgan fingerprint density at radius 3 is 2.32 bits per heavy atom. The van der Waals surface area contributed by atoms with Gasteiger partial charge in [0.2, 0.25) is 9.47 Å². The summed E-state index contributed by atoms with van der Waals surface area (Å²) >= 11 is 0.897. The molecule has 110 valence electrons. The van der Waals surface area contributed by atoms with E-state index in [1.807, 2.05) is 32.8 Å². The Balaban J connectivity index is 2.94. The van der Waals surface area contributed by atoms with E-state index in [2.05, 4.69) is 10.2 Å². The molecule has 2 N–H and O–H groups in total. The second-order valence-corrected chi connectivity index (χ2v) is 8.09. The van der Waals surface area contributed by atoms with Crippen molar-refractivity contribution in [2.45, 2.75) is 18.2 Å². The first kappa shape index (κ1) is 16.3. The fourth-order valence-electron chi connectivity index (χ4n) is 1.46. The van der Waals surface area contributed by atoms with E-state index in [4.69, 9.17) is 5.73 Å². The van der Waals surface area contributed by atoms with Gasteiger partial charge in [-0.15, -0.1) is 10.2 Å². The van der Waals surface area contributed by atoms with Crippen LogP contribution in [0, 0.1) is 5.92 Å². The number of nitrogen functional groups attached to an aromatic ring is 1. The van der Waals surface area contributed by atoms with Gasteiger partial charge in [-0.25, -0.2) is 8.42 Å². The number of anilines is 1.